The van der Waals surface area contributed by atoms with E-state index in [0.29, 0.717) is 32.1 Å². The number of hydrogen-bond donors (Lipinski definition) is 3. The van der Waals surface area contributed by atoms with E-state index in [-0.39, 0.29) is 25.7 Å². The minimum Gasteiger partial charge on any atom is -0.462 e. The van der Waals surface area contributed by atoms with Crippen LogP contribution < -0.4 is 0 Å². The molecule has 0 bridgehead atoms. The van der Waals surface area contributed by atoms with Gasteiger partial charge in [-0.15, -0.1) is 0 Å². The Morgan fingerprint density at radius 3 is 0.824 bits per heavy atom. The summed E-state index contributed by atoms with van der Waals surface area (Å²) in [6.45, 7) is 4.46. The first-order valence-corrected chi connectivity index (χ1v) is 42.4. The van der Waals surface area contributed by atoms with E-state index in [1.165, 1.54) is 51.4 Å². The number of carbonyl (C=O) groups excluding carboxylic acids is 4. The molecule has 0 fully saturated rings. The van der Waals surface area contributed by atoms with E-state index in [9.17, 15) is 43.2 Å². The SMILES string of the molecule is CC/C=C\C/C=C\C/C=C\C/C=C\C/C=C\CCCC(=O)OCC(COP(=O)(O)OCC(O)COP(=O)(O)OCC(COC(=O)CCCCCCCCC/C=C\C/C=C\C/C=C\CC)OC(=O)CCCCCCC/C=C\C/C=C\C/C=C\CC)OC(=O)CCCCCCCCCCCCCCC. The first-order chi connectivity index (χ1) is 49.7. The molecule has 5 atom stereocenters. The summed E-state index contributed by atoms with van der Waals surface area (Å²) in [5, 5.41) is 10.6. The van der Waals surface area contributed by atoms with Crippen molar-refractivity contribution >= 4 is 39.5 Å². The highest BCUT2D eigenvalue weighted by Crippen LogP contribution is 2.45. The molecule has 0 aliphatic carbocycles. The van der Waals surface area contributed by atoms with Gasteiger partial charge >= 0.3 is 39.5 Å². The molecule has 0 saturated carbocycles. The van der Waals surface area contributed by atoms with Gasteiger partial charge in [0.05, 0.1) is 26.4 Å². The molecule has 0 radical (unpaired) electrons. The number of aliphatic hydroxyl groups is 1. The van der Waals surface area contributed by atoms with E-state index >= 15 is 0 Å². The Labute approximate surface area is 618 Å². The van der Waals surface area contributed by atoms with Crippen LogP contribution in [0.15, 0.2) is 134 Å². The third kappa shape index (κ3) is 73.5. The summed E-state index contributed by atoms with van der Waals surface area (Å²) < 4.78 is 68.5. The fourth-order valence-electron chi connectivity index (χ4n) is 10.2. The van der Waals surface area contributed by atoms with Crippen molar-refractivity contribution in [3.05, 3.63) is 134 Å². The van der Waals surface area contributed by atoms with Crippen LogP contribution in [0.5, 0.6) is 0 Å². The first kappa shape index (κ1) is 97.2. The summed E-state index contributed by atoms with van der Waals surface area (Å²) in [5.41, 5.74) is 0. The molecule has 0 heterocycles. The summed E-state index contributed by atoms with van der Waals surface area (Å²) >= 11 is 0. The van der Waals surface area contributed by atoms with Crippen LogP contribution in [0.2, 0.25) is 0 Å². The van der Waals surface area contributed by atoms with Gasteiger partial charge in [0, 0.05) is 25.7 Å². The average molecular weight is 1470 g/mol. The molecule has 0 saturated heterocycles. The normalized spacial score (nSPS) is 14.6. The van der Waals surface area contributed by atoms with Gasteiger partial charge in [-0.1, -0.05) is 290 Å². The lowest BCUT2D eigenvalue weighted by atomic mass is 10.0. The molecule has 0 spiro atoms. The Kier molecular flexibility index (Phi) is 71.0. The Balaban J connectivity index is 5.41. The molecule has 3 N–H and O–H groups in total. The Morgan fingerprint density at radius 1 is 0.284 bits per heavy atom. The maximum absolute atomic E-state index is 13.1. The fourth-order valence-corrected chi connectivity index (χ4v) is 11.8. The standard InChI is InChI=1S/C83H140O17P2/c1-5-9-13-17-21-25-29-33-36-38-41-44-47-51-55-59-63-67-80(85)93-73-78(99-82(87)69-65-61-57-53-49-43-32-28-24-20-16-12-8-4)75-97-101(89,90)95-71-77(84)72-96-102(91,92)98-76-79(100-83(88)70-66-62-58-54-50-46-40-35-31-27-23-19-15-11-7-3)74-94-81(86)68-64-60-56-52-48-45-42-39-37-34-30-26-22-18-14-10-6-2/h9-11,13-15,21-23,25-27,33-37,40-41,44,51,55,77-79,84H,5-8,12,16-20,24,28-32,38-39,42-43,45-50,52-54,56-76H2,1-4H3,(H,89,90)(H,91,92)/b13-9-,14-10-,15-11-,25-21-,26-22-,27-23-,36-33-,37-34-,40-35-,44-41-,55-51-. The number of ether oxygens (including phenoxy) is 4. The average Bonchev–Trinajstić information content (AvgIpc) is 0.908. The van der Waals surface area contributed by atoms with Crippen LogP contribution in [0.4, 0.5) is 0 Å². The van der Waals surface area contributed by atoms with Crippen molar-refractivity contribution in [1.82, 2.24) is 0 Å². The summed E-state index contributed by atoms with van der Waals surface area (Å²) in [7, 11) is -9.98. The van der Waals surface area contributed by atoms with Crippen LogP contribution in [0.25, 0.3) is 0 Å². The Hall–Kier alpha value is -4.80. The Bertz CT molecular complexity index is 2460. The number of hydrogen-bond acceptors (Lipinski definition) is 15. The van der Waals surface area contributed by atoms with Crippen LogP contribution in [-0.4, -0.2) is 96.7 Å². The molecule has 102 heavy (non-hydrogen) atoms. The molecule has 584 valence electrons. The number of carbonyl (C=O) groups is 4. The molecule has 0 aromatic carbocycles. The third-order valence-electron chi connectivity index (χ3n) is 16.1. The number of aliphatic hydroxyl groups excluding tert-OH is 1. The molecule has 0 aromatic heterocycles. The number of esters is 4. The highest BCUT2D eigenvalue weighted by molar-refractivity contribution is 7.47. The van der Waals surface area contributed by atoms with Gasteiger partial charge in [0.15, 0.2) is 12.2 Å². The highest BCUT2D eigenvalue weighted by atomic mass is 31.2. The lowest BCUT2D eigenvalue weighted by molar-refractivity contribution is -0.161. The zero-order valence-electron chi connectivity index (χ0n) is 63.7. The molecular formula is C83H140O17P2. The second kappa shape index (κ2) is 74.5. The number of allylic oxidation sites excluding steroid dienone is 22. The van der Waals surface area contributed by atoms with Gasteiger partial charge in [-0.2, -0.15) is 0 Å². The van der Waals surface area contributed by atoms with Crippen molar-refractivity contribution in [2.45, 2.75) is 329 Å². The monoisotopic (exact) mass is 1470 g/mol. The smallest absolute Gasteiger partial charge is 0.462 e. The molecule has 0 amide bonds. The lowest BCUT2D eigenvalue weighted by Crippen LogP contribution is -2.30. The van der Waals surface area contributed by atoms with Crippen molar-refractivity contribution in [3.8, 4) is 0 Å². The van der Waals surface area contributed by atoms with Crippen LogP contribution >= 0.6 is 15.6 Å². The number of unbranched alkanes of at least 4 members (excludes halogenated alkanes) is 25. The number of phosphoric ester groups is 2. The minimum atomic E-state index is -4.99. The molecule has 0 aliphatic rings. The van der Waals surface area contributed by atoms with E-state index in [1.807, 2.05) is 12.2 Å². The van der Waals surface area contributed by atoms with Crippen LogP contribution in [0.3, 0.4) is 0 Å². The van der Waals surface area contributed by atoms with Crippen LogP contribution in [-0.2, 0) is 65.4 Å². The van der Waals surface area contributed by atoms with Crippen molar-refractivity contribution in [2.75, 3.05) is 39.6 Å². The van der Waals surface area contributed by atoms with E-state index in [2.05, 4.69) is 149 Å². The quantitative estimate of drug-likeness (QED) is 0.0169. The predicted octanol–water partition coefficient (Wildman–Crippen LogP) is 22.9. The van der Waals surface area contributed by atoms with Gasteiger partial charge in [-0.3, -0.25) is 37.3 Å². The topological polar surface area (TPSA) is 237 Å². The molecule has 17 nitrogen and oxygen atoms in total. The maximum Gasteiger partial charge on any atom is 0.472 e. The second-order valence-electron chi connectivity index (χ2n) is 25.9. The summed E-state index contributed by atoms with van der Waals surface area (Å²) in [5.74, 6) is -2.27. The minimum absolute atomic E-state index is 0.0695. The molecule has 0 aromatic rings. The summed E-state index contributed by atoms with van der Waals surface area (Å²) in [6, 6.07) is 0. The summed E-state index contributed by atoms with van der Waals surface area (Å²) in [4.78, 5) is 73.0. The number of rotatable bonds is 73. The molecular weight excluding hydrogens is 1330 g/mol. The van der Waals surface area contributed by atoms with Crippen molar-refractivity contribution in [2.24, 2.45) is 0 Å². The van der Waals surface area contributed by atoms with E-state index in [4.69, 9.17) is 37.0 Å². The zero-order chi connectivity index (χ0) is 74.6. The van der Waals surface area contributed by atoms with Gasteiger partial charge in [0.2, 0.25) is 0 Å². The van der Waals surface area contributed by atoms with E-state index in [1.54, 1.807) is 0 Å². The van der Waals surface area contributed by atoms with Crippen molar-refractivity contribution < 1.29 is 80.2 Å². The zero-order valence-corrected chi connectivity index (χ0v) is 65.5. The van der Waals surface area contributed by atoms with Crippen LogP contribution in [0.1, 0.15) is 310 Å². The first-order valence-electron chi connectivity index (χ1n) is 39.4. The van der Waals surface area contributed by atoms with Gasteiger partial charge < -0.3 is 33.8 Å². The second-order valence-corrected chi connectivity index (χ2v) is 28.8. The predicted molar refractivity (Wildman–Crippen MR) is 418 cm³/mol. The molecule has 0 aliphatic heterocycles. The molecule has 0 rings (SSSR count). The highest BCUT2D eigenvalue weighted by Gasteiger charge is 2.30. The van der Waals surface area contributed by atoms with Crippen LogP contribution in [0, 0.1) is 0 Å². The van der Waals surface area contributed by atoms with E-state index < -0.39 is 97.5 Å². The molecule has 19 heteroatoms. The fraction of sp³-hybridized carbons (Fsp3) is 0.687. The molecule has 5 unspecified atom stereocenters. The van der Waals surface area contributed by atoms with Gasteiger partial charge in [0.25, 0.3) is 0 Å². The summed E-state index contributed by atoms with van der Waals surface area (Å²) in [6.07, 6.45) is 83.0. The number of phosphoric acid groups is 2. The third-order valence-corrected chi connectivity index (χ3v) is 18.0. The van der Waals surface area contributed by atoms with Crippen molar-refractivity contribution in [3.63, 3.8) is 0 Å². The Morgan fingerprint density at radius 2 is 0.520 bits per heavy atom. The maximum atomic E-state index is 13.1. The van der Waals surface area contributed by atoms with Gasteiger partial charge in [-0.05, 0) is 128 Å². The van der Waals surface area contributed by atoms with Crippen molar-refractivity contribution in [1.29, 1.82) is 0 Å². The largest absolute Gasteiger partial charge is 0.472 e. The van der Waals surface area contributed by atoms with Gasteiger partial charge in [-0.25, -0.2) is 9.13 Å². The van der Waals surface area contributed by atoms with E-state index in [0.717, 1.165) is 173 Å². The lowest BCUT2D eigenvalue weighted by Gasteiger charge is -2.21. The van der Waals surface area contributed by atoms with Gasteiger partial charge in [0.1, 0.15) is 19.3 Å².